The summed E-state index contributed by atoms with van der Waals surface area (Å²) in [6, 6.07) is 19.4. The highest BCUT2D eigenvalue weighted by molar-refractivity contribution is 8.00. The molecule has 2 amide bonds. The molecule has 0 unspecified atom stereocenters. The summed E-state index contributed by atoms with van der Waals surface area (Å²) in [5.41, 5.74) is 2.13. The fraction of sp³-hybridized carbons (Fsp3) is 0.0909. The number of halogens is 3. The largest absolute Gasteiger partial charge is 0.326 e. The van der Waals surface area contributed by atoms with Crippen LogP contribution in [0.2, 0.25) is 15.1 Å². The number of carbonyl (C=O) groups is 2. The summed E-state index contributed by atoms with van der Waals surface area (Å²) >= 11 is 19.1. The van der Waals surface area contributed by atoms with Crippen LogP contribution in [0.5, 0.6) is 0 Å². The van der Waals surface area contributed by atoms with E-state index in [0.29, 0.717) is 26.4 Å². The molecule has 8 heteroatoms. The van der Waals surface area contributed by atoms with Crippen LogP contribution in [0.25, 0.3) is 0 Å². The summed E-state index contributed by atoms with van der Waals surface area (Å²) in [7, 11) is 0. The molecule has 0 saturated carbocycles. The Labute approximate surface area is 193 Å². The molecule has 3 rings (SSSR count). The number of thioether (sulfide) groups is 1. The van der Waals surface area contributed by atoms with Gasteiger partial charge >= 0.3 is 0 Å². The van der Waals surface area contributed by atoms with Crippen LogP contribution in [0.1, 0.15) is 5.56 Å². The second-order valence-electron chi connectivity index (χ2n) is 6.34. The minimum atomic E-state index is -0.171. The maximum atomic E-state index is 12.3. The van der Waals surface area contributed by atoms with Crippen molar-refractivity contribution in [2.75, 3.05) is 16.4 Å². The number of amides is 2. The summed E-state index contributed by atoms with van der Waals surface area (Å²) < 4.78 is 0. The minimum Gasteiger partial charge on any atom is -0.326 e. The average Bonchev–Trinajstić information content (AvgIpc) is 2.71. The Hall–Kier alpha value is -2.18. The van der Waals surface area contributed by atoms with E-state index in [1.807, 2.05) is 30.3 Å². The molecule has 30 heavy (non-hydrogen) atoms. The van der Waals surface area contributed by atoms with E-state index in [1.54, 1.807) is 36.4 Å². The molecule has 0 heterocycles. The third-order valence-corrected chi connectivity index (χ3v) is 5.95. The van der Waals surface area contributed by atoms with Crippen molar-refractivity contribution >= 4 is 69.8 Å². The number of anilines is 2. The number of benzene rings is 3. The summed E-state index contributed by atoms with van der Waals surface area (Å²) in [6.07, 6.45) is 0.251. The van der Waals surface area contributed by atoms with Crippen LogP contribution in [-0.2, 0) is 16.0 Å². The Morgan fingerprint density at radius 2 is 1.47 bits per heavy atom. The van der Waals surface area contributed by atoms with Gasteiger partial charge in [-0.05, 0) is 54.1 Å². The molecule has 154 valence electrons. The first-order valence-corrected chi connectivity index (χ1v) is 11.0. The maximum absolute atomic E-state index is 12.3. The lowest BCUT2D eigenvalue weighted by Gasteiger charge is -2.09. The van der Waals surface area contributed by atoms with Crippen molar-refractivity contribution in [1.29, 1.82) is 0 Å². The highest BCUT2D eigenvalue weighted by atomic mass is 35.5. The Kier molecular flexibility index (Phi) is 8.05. The van der Waals surface area contributed by atoms with Crippen molar-refractivity contribution in [3.8, 4) is 0 Å². The molecule has 3 aromatic rings. The fourth-order valence-electron chi connectivity index (χ4n) is 2.58. The molecule has 0 atom stereocenters. The first-order valence-electron chi connectivity index (χ1n) is 8.91. The number of hydrogen-bond acceptors (Lipinski definition) is 3. The van der Waals surface area contributed by atoms with Crippen molar-refractivity contribution in [3.05, 3.63) is 87.4 Å². The number of hydrogen-bond donors (Lipinski definition) is 2. The SMILES string of the molecule is O=C(CSc1cccc(NC(=O)Cc2ccc(Cl)cc2)c1)Nc1ccc(Cl)c(Cl)c1. The van der Waals surface area contributed by atoms with Crippen molar-refractivity contribution in [1.82, 2.24) is 0 Å². The van der Waals surface area contributed by atoms with Gasteiger partial charge in [0.05, 0.1) is 22.2 Å². The van der Waals surface area contributed by atoms with Crippen molar-refractivity contribution in [2.45, 2.75) is 11.3 Å². The molecule has 0 fully saturated rings. The molecular weight excluding hydrogens is 463 g/mol. The zero-order valence-electron chi connectivity index (χ0n) is 15.6. The van der Waals surface area contributed by atoms with Crippen molar-refractivity contribution in [3.63, 3.8) is 0 Å². The molecule has 0 bridgehead atoms. The maximum Gasteiger partial charge on any atom is 0.234 e. The first kappa shape index (κ1) is 22.5. The molecule has 3 aromatic carbocycles. The zero-order valence-corrected chi connectivity index (χ0v) is 18.7. The van der Waals surface area contributed by atoms with Gasteiger partial charge in [-0.25, -0.2) is 0 Å². The van der Waals surface area contributed by atoms with Crippen LogP contribution in [0.15, 0.2) is 71.6 Å². The smallest absolute Gasteiger partial charge is 0.234 e. The molecule has 2 N–H and O–H groups in total. The average molecular weight is 480 g/mol. The van der Waals surface area contributed by atoms with E-state index in [-0.39, 0.29) is 24.0 Å². The van der Waals surface area contributed by atoms with Gasteiger partial charge in [0, 0.05) is 21.3 Å². The quantitative estimate of drug-likeness (QED) is 0.377. The van der Waals surface area contributed by atoms with E-state index < -0.39 is 0 Å². The standard InChI is InChI=1S/C22H17Cl3N2O2S/c23-15-6-4-14(5-7-15)10-21(28)26-16-2-1-3-18(11-16)30-13-22(29)27-17-8-9-19(24)20(25)12-17/h1-9,11-12H,10,13H2,(H,26,28)(H,27,29). The molecule has 0 aromatic heterocycles. The fourth-order valence-corrected chi connectivity index (χ4v) is 3.76. The summed E-state index contributed by atoms with van der Waals surface area (Å²) in [6.45, 7) is 0. The predicted molar refractivity (Wildman–Crippen MR) is 126 cm³/mol. The third-order valence-electron chi connectivity index (χ3n) is 3.97. The normalized spacial score (nSPS) is 10.5. The highest BCUT2D eigenvalue weighted by Gasteiger charge is 2.08. The number of carbonyl (C=O) groups excluding carboxylic acids is 2. The molecular formula is C22H17Cl3N2O2S. The lowest BCUT2D eigenvalue weighted by atomic mass is 10.1. The highest BCUT2D eigenvalue weighted by Crippen LogP contribution is 2.26. The zero-order chi connectivity index (χ0) is 21.5. The molecule has 0 saturated heterocycles. The van der Waals surface area contributed by atoms with Gasteiger partial charge in [-0.3, -0.25) is 9.59 Å². The summed E-state index contributed by atoms with van der Waals surface area (Å²) in [5.74, 6) is -0.0880. The molecule has 0 spiro atoms. The van der Waals surface area contributed by atoms with Crippen molar-refractivity contribution < 1.29 is 9.59 Å². The van der Waals surface area contributed by atoms with E-state index in [4.69, 9.17) is 34.8 Å². The second kappa shape index (κ2) is 10.7. The molecule has 0 aliphatic carbocycles. The Morgan fingerprint density at radius 3 is 2.20 bits per heavy atom. The first-order chi connectivity index (χ1) is 14.4. The monoisotopic (exact) mass is 478 g/mol. The van der Waals surface area contributed by atoms with E-state index >= 15 is 0 Å². The summed E-state index contributed by atoms with van der Waals surface area (Å²) in [5, 5.41) is 7.09. The molecule has 0 aliphatic heterocycles. The Balaban J connectivity index is 1.52. The van der Waals surface area contributed by atoms with E-state index in [2.05, 4.69) is 10.6 Å². The predicted octanol–water partition coefficient (Wildman–Crippen LogP) is 6.56. The lowest BCUT2D eigenvalue weighted by molar-refractivity contribution is -0.115. The van der Waals surface area contributed by atoms with Crippen LogP contribution >= 0.6 is 46.6 Å². The van der Waals surface area contributed by atoms with Gasteiger partial charge in [-0.1, -0.05) is 53.0 Å². The minimum absolute atomic E-state index is 0.128. The number of nitrogens with one attached hydrogen (secondary N) is 2. The molecule has 4 nitrogen and oxygen atoms in total. The van der Waals surface area contributed by atoms with E-state index in [9.17, 15) is 9.59 Å². The van der Waals surface area contributed by atoms with Gasteiger partial charge in [-0.2, -0.15) is 0 Å². The topological polar surface area (TPSA) is 58.2 Å². The second-order valence-corrected chi connectivity index (χ2v) is 8.64. The van der Waals surface area contributed by atoms with E-state index in [0.717, 1.165) is 10.5 Å². The summed E-state index contributed by atoms with van der Waals surface area (Å²) in [4.78, 5) is 25.3. The van der Waals surface area contributed by atoms with Crippen LogP contribution in [0.4, 0.5) is 11.4 Å². The van der Waals surface area contributed by atoms with Crippen molar-refractivity contribution in [2.24, 2.45) is 0 Å². The van der Waals surface area contributed by atoms with Gasteiger partial charge in [0.25, 0.3) is 0 Å². The third kappa shape index (κ3) is 6.96. The van der Waals surface area contributed by atoms with Gasteiger partial charge in [0.2, 0.25) is 11.8 Å². The van der Waals surface area contributed by atoms with Crippen LogP contribution in [-0.4, -0.2) is 17.6 Å². The van der Waals surface area contributed by atoms with E-state index in [1.165, 1.54) is 11.8 Å². The molecule has 0 aliphatic rings. The van der Waals surface area contributed by atoms with Gasteiger partial charge < -0.3 is 10.6 Å². The van der Waals surface area contributed by atoms with Gasteiger partial charge in [0.1, 0.15) is 0 Å². The number of rotatable bonds is 7. The van der Waals surface area contributed by atoms with Crippen LogP contribution in [0.3, 0.4) is 0 Å². The lowest BCUT2D eigenvalue weighted by Crippen LogP contribution is -2.15. The van der Waals surface area contributed by atoms with Gasteiger partial charge in [-0.15, -0.1) is 11.8 Å². The van der Waals surface area contributed by atoms with Crippen LogP contribution in [0, 0.1) is 0 Å². The Bertz CT molecular complexity index is 1060. The Morgan fingerprint density at radius 1 is 0.767 bits per heavy atom. The van der Waals surface area contributed by atoms with Gasteiger partial charge in [0.15, 0.2) is 0 Å². The van der Waals surface area contributed by atoms with Crippen LogP contribution < -0.4 is 10.6 Å². The molecule has 0 radical (unpaired) electrons.